The molecule has 148 valence electrons. The van der Waals surface area contributed by atoms with E-state index in [4.69, 9.17) is 21.1 Å². The number of esters is 1. The number of Topliss-reactive ketones (excluding diaryl/α,β-unsaturated/α-hetero) is 1. The van der Waals surface area contributed by atoms with Gasteiger partial charge in [0, 0.05) is 19.5 Å². The van der Waals surface area contributed by atoms with Crippen molar-refractivity contribution >= 4 is 34.9 Å². The number of nitrogens with one attached hydrogen (secondary N) is 1. The summed E-state index contributed by atoms with van der Waals surface area (Å²) in [6.07, 6.45) is -5.03. The summed E-state index contributed by atoms with van der Waals surface area (Å²) in [7, 11) is 0. The lowest BCUT2D eigenvalue weighted by molar-refractivity contribution is -0.172. The molecule has 0 saturated heterocycles. The van der Waals surface area contributed by atoms with Crippen LogP contribution in [0.1, 0.15) is 30.6 Å². The number of rotatable bonds is 8. The van der Waals surface area contributed by atoms with E-state index < -0.39 is 36.0 Å². The van der Waals surface area contributed by atoms with Crippen molar-refractivity contribution in [2.75, 3.05) is 11.9 Å². The molecule has 0 aliphatic rings. The van der Waals surface area contributed by atoms with Gasteiger partial charge in [-0.2, -0.15) is 13.2 Å². The molecule has 0 bridgehead atoms. The highest BCUT2D eigenvalue weighted by Crippen LogP contribution is 2.24. The average Bonchev–Trinajstić information content (AvgIpc) is 2.53. The molecule has 0 spiro atoms. The van der Waals surface area contributed by atoms with Gasteiger partial charge in [0.1, 0.15) is 0 Å². The van der Waals surface area contributed by atoms with Crippen LogP contribution < -0.4 is 5.32 Å². The molecule has 0 atom stereocenters. The summed E-state index contributed by atoms with van der Waals surface area (Å²) in [5.74, 6) is -5.55. The van der Waals surface area contributed by atoms with Gasteiger partial charge in [0.2, 0.25) is 17.5 Å². The van der Waals surface area contributed by atoms with Gasteiger partial charge in [-0.15, -0.1) is 6.58 Å². The van der Waals surface area contributed by atoms with Crippen LogP contribution in [0.25, 0.3) is 0 Å². The topological polar surface area (TPSA) is 81.7 Å². The molecule has 0 unspecified atom stereocenters. The monoisotopic (exact) mass is 407 g/mol. The molecule has 1 aromatic carbocycles. The largest absolute Gasteiger partial charge is 0.450 e. The molecule has 1 rings (SSSR count). The summed E-state index contributed by atoms with van der Waals surface area (Å²) in [4.78, 5) is 34.7. The van der Waals surface area contributed by atoms with Crippen molar-refractivity contribution in [3.8, 4) is 0 Å². The zero-order valence-corrected chi connectivity index (χ0v) is 15.2. The molecule has 6 nitrogen and oxygen atoms in total. The fourth-order valence-corrected chi connectivity index (χ4v) is 1.97. The smallest absolute Gasteiger partial charge is 0.430 e. The number of anilines is 1. The highest BCUT2D eigenvalue weighted by molar-refractivity contribution is 6.33. The van der Waals surface area contributed by atoms with Crippen molar-refractivity contribution < 1.29 is 37.0 Å². The summed E-state index contributed by atoms with van der Waals surface area (Å²) < 4.78 is 47.0. The van der Waals surface area contributed by atoms with Gasteiger partial charge < -0.3 is 14.8 Å². The number of halogens is 4. The summed E-state index contributed by atoms with van der Waals surface area (Å²) in [5.41, 5.74) is -0.178. The van der Waals surface area contributed by atoms with Crippen LogP contribution >= 0.6 is 11.6 Å². The first-order valence-corrected chi connectivity index (χ1v) is 7.91. The fourth-order valence-electron chi connectivity index (χ4n) is 1.78. The molecule has 0 fully saturated rings. The lowest BCUT2D eigenvalue weighted by atomic mass is 10.2. The van der Waals surface area contributed by atoms with Crippen molar-refractivity contribution in [3.63, 3.8) is 0 Å². The standard InChI is InChI=1S/C17H17ClF3NO5/c1-4-7-26-16(2,3)27-15(25)11-8-10(5-6-12(11)18)22-14(24)9-13(23)17(19,20)21/h4-6,8H,1,7,9H2,2-3H3,(H,22,24). The highest BCUT2D eigenvalue weighted by Gasteiger charge is 2.39. The van der Waals surface area contributed by atoms with E-state index in [-0.39, 0.29) is 22.9 Å². The third-order valence-corrected chi connectivity index (χ3v) is 3.32. The van der Waals surface area contributed by atoms with Gasteiger partial charge >= 0.3 is 12.1 Å². The van der Waals surface area contributed by atoms with E-state index in [2.05, 4.69) is 11.9 Å². The van der Waals surface area contributed by atoms with Crippen LogP contribution in [-0.4, -0.2) is 36.2 Å². The zero-order valence-electron chi connectivity index (χ0n) is 14.5. The average molecular weight is 408 g/mol. The van der Waals surface area contributed by atoms with E-state index in [9.17, 15) is 27.6 Å². The van der Waals surface area contributed by atoms with E-state index in [0.29, 0.717) is 0 Å². The minimum Gasteiger partial charge on any atom is -0.430 e. The first-order chi connectivity index (χ1) is 12.4. The Bertz CT molecular complexity index is 747. The molecular formula is C17H17ClF3NO5. The summed E-state index contributed by atoms with van der Waals surface area (Å²) in [6.45, 7) is 6.56. The van der Waals surface area contributed by atoms with Crippen LogP contribution in [0.5, 0.6) is 0 Å². The first-order valence-electron chi connectivity index (χ1n) is 7.53. The SMILES string of the molecule is C=CCOC(C)(C)OC(=O)c1cc(NC(=O)CC(=O)C(F)(F)F)ccc1Cl. The Hall–Kier alpha value is -2.39. The first kappa shape index (κ1) is 22.7. The highest BCUT2D eigenvalue weighted by atomic mass is 35.5. The van der Waals surface area contributed by atoms with E-state index in [1.165, 1.54) is 32.1 Å². The minimum atomic E-state index is -5.11. The van der Waals surface area contributed by atoms with E-state index in [1.54, 1.807) is 0 Å². The van der Waals surface area contributed by atoms with Crippen LogP contribution in [0.3, 0.4) is 0 Å². The lowest BCUT2D eigenvalue weighted by Gasteiger charge is -2.25. The Morgan fingerprint density at radius 2 is 1.89 bits per heavy atom. The summed E-state index contributed by atoms with van der Waals surface area (Å²) >= 11 is 5.93. The Morgan fingerprint density at radius 1 is 1.26 bits per heavy atom. The van der Waals surface area contributed by atoms with Crippen LogP contribution in [0, 0.1) is 0 Å². The third kappa shape index (κ3) is 7.40. The Labute approximate surface area is 158 Å². The molecule has 0 saturated carbocycles. The van der Waals surface area contributed by atoms with E-state index >= 15 is 0 Å². The van der Waals surface area contributed by atoms with Crippen LogP contribution in [0.4, 0.5) is 18.9 Å². The van der Waals surface area contributed by atoms with Crippen molar-refractivity contribution in [3.05, 3.63) is 41.4 Å². The minimum absolute atomic E-state index is 0.0103. The number of carbonyl (C=O) groups excluding carboxylic acids is 3. The van der Waals surface area contributed by atoms with Gasteiger partial charge in [-0.25, -0.2) is 4.79 Å². The van der Waals surface area contributed by atoms with E-state index in [0.717, 1.165) is 6.07 Å². The van der Waals surface area contributed by atoms with Gasteiger partial charge in [0.05, 0.1) is 23.6 Å². The number of ether oxygens (including phenoxy) is 2. The van der Waals surface area contributed by atoms with Crippen molar-refractivity contribution in [2.45, 2.75) is 32.2 Å². The molecule has 10 heteroatoms. The maximum absolute atomic E-state index is 12.3. The summed E-state index contributed by atoms with van der Waals surface area (Å²) in [5, 5.41) is 2.08. The van der Waals surface area contributed by atoms with Crippen molar-refractivity contribution in [2.24, 2.45) is 0 Å². The maximum Gasteiger partial charge on any atom is 0.450 e. The predicted octanol–water partition coefficient (Wildman–Crippen LogP) is 3.90. The van der Waals surface area contributed by atoms with Crippen LogP contribution in [0.2, 0.25) is 5.02 Å². The van der Waals surface area contributed by atoms with E-state index in [1.807, 2.05) is 0 Å². The molecular weight excluding hydrogens is 391 g/mol. The van der Waals surface area contributed by atoms with Gasteiger partial charge in [-0.1, -0.05) is 17.7 Å². The molecule has 1 amide bonds. The number of alkyl halides is 3. The second-order valence-corrected chi connectivity index (χ2v) is 6.14. The Kier molecular flexibility index (Phi) is 7.55. The zero-order chi connectivity index (χ0) is 20.8. The van der Waals surface area contributed by atoms with Gasteiger partial charge in [-0.05, 0) is 18.2 Å². The molecule has 27 heavy (non-hydrogen) atoms. The van der Waals surface area contributed by atoms with Crippen molar-refractivity contribution in [1.29, 1.82) is 0 Å². The number of ketones is 1. The van der Waals surface area contributed by atoms with Crippen molar-refractivity contribution in [1.82, 2.24) is 0 Å². The number of hydrogen-bond acceptors (Lipinski definition) is 5. The molecule has 1 N–H and O–H groups in total. The summed E-state index contributed by atoms with van der Waals surface area (Å²) in [6, 6.07) is 3.62. The third-order valence-electron chi connectivity index (χ3n) is 2.99. The molecule has 0 aliphatic carbocycles. The Morgan fingerprint density at radius 3 is 2.44 bits per heavy atom. The normalized spacial score (nSPS) is 11.6. The quantitative estimate of drug-likeness (QED) is 0.306. The molecule has 1 aromatic rings. The lowest BCUT2D eigenvalue weighted by Crippen LogP contribution is -2.31. The van der Waals surface area contributed by atoms with Gasteiger partial charge in [0.25, 0.3) is 0 Å². The molecule has 0 aliphatic heterocycles. The Balaban J connectivity index is 2.88. The number of hydrogen-bond donors (Lipinski definition) is 1. The number of carbonyl (C=O) groups is 3. The maximum atomic E-state index is 12.3. The van der Waals surface area contributed by atoms with Gasteiger partial charge in [-0.3, -0.25) is 9.59 Å². The van der Waals surface area contributed by atoms with Crippen LogP contribution in [0.15, 0.2) is 30.9 Å². The molecule has 0 radical (unpaired) electrons. The second kappa shape index (κ2) is 9.01. The van der Waals surface area contributed by atoms with Gasteiger partial charge in [0.15, 0.2) is 0 Å². The number of benzene rings is 1. The second-order valence-electron chi connectivity index (χ2n) is 5.73. The van der Waals surface area contributed by atoms with Crippen LogP contribution in [-0.2, 0) is 19.1 Å². The number of amides is 1. The fraction of sp³-hybridized carbons (Fsp3) is 0.353. The predicted molar refractivity (Wildman–Crippen MR) is 91.4 cm³/mol. The molecule has 0 heterocycles. The molecule has 0 aromatic heterocycles.